The minimum absolute atomic E-state index is 0.500. The maximum absolute atomic E-state index is 5.76. The Kier molecular flexibility index (Phi) is 37.5. The minimum atomic E-state index is -0.611. The average molecular weight is 1440 g/mol. The summed E-state index contributed by atoms with van der Waals surface area (Å²) in [7, 11) is 14.1. The summed E-state index contributed by atoms with van der Waals surface area (Å²) in [5.74, 6) is 5.43. The van der Waals surface area contributed by atoms with Crippen LogP contribution in [0, 0.1) is 122 Å². The van der Waals surface area contributed by atoms with Crippen LogP contribution in [0.5, 0.6) is 23.0 Å². The molecule has 0 amide bonds. The van der Waals surface area contributed by atoms with Gasteiger partial charge in [0.15, 0.2) is 0 Å². The normalized spacial score (nSPS) is 10.6. The fraction of sp³-hybridized carbons (Fsp3) is 0.413. The summed E-state index contributed by atoms with van der Waals surface area (Å²) in [6.45, 7) is 60.9. The van der Waals surface area contributed by atoms with E-state index in [-0.39, 0.29) is 0 Å². The third kappa shape index (κ3) is 32.6. The first-order valence-electron chi connectivity index (χ1n) is 35.8. The van der Waals surface area contributed by atoms with Gasteiger partial charge in [0.2, 0.25) is 0 Å². The minimum Gasteiger partial charge on any atom is -0.497 e. The highest BCUT2D eigenvalue weighted by Crippen LogP contribution is 2.34. The molecule has 562 valence electrons. The van der Waals surface area contributed by atoms with Crippen LogP contribution < -0.4 is 18.9 Å². The van der Waals surface area contributed by atoms with Gasteiger partial charge < -0.3 is 41.8 Å². The van der Waals surface area contributed by atoms with E-state index in [1.54, 1.807) is 28.4 Å². The lowest BCUT2D eigenvalue weighted by molar-refractivity contribution is 0.394. The van der Waals surface area contributed by atoms with Crippen molar-refractivity contribution < 1.29 is 27.8 Å². The van der Waals surface area contributed by atoms with Crippen molar-refractivity contribution in [2.75, 3.05) is 49.6 Å². The molecule has 0 N–H and O–H groups in total. The number of nitrogens with zero attached hydrogens (tertiary/aromatic N) is 3. The Labute approximate surface area is 629 Å². The third-order valence-electron chi connectivity index (χ3n) is 15.9. The van der Waals surface area contributed by atoms with Gasteiger partial charge in [0.25, 0.3) is 0 Å². The molecule has 5 heterocycles. The van der Waals surface area contributed by atoms with Crippen molar-refractivity contribution in [3.05, 3.63) is 240 Å². The average Bonchev–Trinajstić information content (AvgIpc) is 1.59. The molecule has 0 saturated carbocycles. The number of furan rings is 2. The van der Waals surface area contributed by atoms with E-state index in [1.165, 1.54) is 115 Å². The highest BCUT2D eigenvalue weighted by Gasteiger charge is 2.13. The van der Waals surface area contributed by atoms with Gasteiger partial charge in [-0.3, -0.25) is 0 Å². The number of thiophene rings is 1. The van der Waals surface area contributed by atoms with E-state index in [1.807, 2.05) is 112 Å². The van der Waals surface area contributed by atoms with Crippen LogP contribution >= 0.6 is 11.3 Å². The van der Waals surface area contributed by atoms with Crippen molar-refractivity contribution >= 4 is 63.2 Å². The Morgan fingerprint density at radius 3 is 0.913 bits per heavy atom. The van der Waals surface area contributed by atoms with E-state index in [4.69, 9.17) is 27.8 Å². The molecule has 5 aromatic heterocycles. The first-order valence-corrected chi connectivity index (χ1v) is 40.7. The van der Waals surface area contributed by atoms with Gasteiger partial charge in [0.1, 0.15) is 45.7 Å². The van der Waals surface area contributed by atoms with Crippen LogP contribution in [-0.4, -0.2) is 71.7 Å². The van der Waals surface area contributed by atoms with Gasteiger partial charge in [-0.1, -0.05) is 152 Å². The van der Waals surface area contributed by atoms with Crippen molar-refractivity contribution in [1.29, 1.82) is 0 Å². The largest absolute Gasteiger partial charge is 0.497 e. The molecule has 0 bridgehead atoms. The predicted octanol–water partition coefficient (Wildman–Crippen LogP) is 27.0. The van der Waals surface area contributed by atoms with Crippen LogP contribution in [0.1, 0.15) is 144 Å². The summed E-state index contributed by atoms with van der Waals surface area (Å²) in [6, 6.07) is 51.5. The van der Waals surface area contributed by atoms with E-state index in [9.17, 15) is 0 Å². The number of hydrogen-bond donors (Lipinski definition) is 0. The highest BCUT2D eigenvalue weighted by molar-refractivity contribution is 7.12. The maximum atomic E-state index is 5.76. The molecular formula is C92H133N3O6SSi. The molecule has 11 heteroatoms. The first kappa shape index (κ1) is 90.9. The van der Waals surface area contributed by atoms with E-state index in [0.29, 0.717) is 10.8 Å². The van der Waals surface area contributed by atoms with Crippen molar-refractivity contribution in [3.8, 4) is 28.7 Å². The number of benzene rings is 7. The molecular weight excluding hydrogens is 1300 g/mol. The van der Waals surface area contributed by atoms with Crippen LogP contribution in [-0.2, 0) is 7.05 Å². The monoisotopic (exact) mass is 1440 g/mol. The SMILES string of the molecule is CC(C)(C)C.CC(C)(C)C.CN(C)C.COc1ccc(OC)cc1.COc1cccc(OC)c1.C[Si](C)(C)C.Cc1c(C)c(C)n(C)c1C.Cc1ccc2c(c1)c1cc(C)ccc1n2-c1ccccc1.Cc1ccc2oc3ccc(C)cc3c2c1.Cc1oc(C)c(C)c1C.Cc1sc(C)c(C)c1C. The summed E-state index contributed by atoms with van der Waals surface area (Å²) in [5.41, 5.74) is 23.0. The molecule has 12 rings (SSSR count). The number of rotatable bonds is 5. The number of hydrogen-bond acceptors (Lipinski definition) is 8. The molecule has 0 aliphatic heterocycles. The Hall–Kier alpha value is -8.22. The zero-order valence-electron chi connectivity index (χ0n) is 70.6. The van der Waals surface area contributed by atoms with Gasteiger partial charge in [-0.15, -0.1) is 11.3 Å². The summed E-state index contributed by atoms with van der Waals surface area (Å²) >= 11 is 1.90. The van der Waals surface area contributed by atoms with Crippen molar-refractivity contribution in [2.24, 2.45) is 17.9 Å². The second-order valence-electron chi connectivity index (χ2n) is 31.8. The zero-order valence-corrected chi connectivity index (χ0v) is 72.4. The molecule has 0 spiro atoms. The molecule has 12 aromatic rings. The lowest BCUT2D eigenvalue weighted by Crippen LogP contribution is -2.10. The molecule has 9 nitrogen and oxygen atoms in total. The third-order valence-corrected chi connectivity index (χ3v) is 17.2. The van der Waals surface area contributed by atoms with Crippen LogP contribution in [0.25, 0.3) is 49.4 Å². The molecule has 0 saturated heterocycles. The molecule has 0 fully saturated rings. The number of fused-ring (bicyclic) bond motifs is 6. The van der Waals surface area contributed by atoms with E-state index in [0.717, 1.165) is 45.7 Å². The topological polar surface area (TPSA) is 76.3 Å². The molecule has 0 unspecified atom stereocenters. The summed E-state index contributed by atoms with van der Waals surface area (Å²) < 4.78 is 35.6. The quantitative estimate of drug-likeness (QED) is 0.159. The molecule has 7 aromatic carbocycles. The van der Waals surface area contributed by atoms with Crippen LogP contribution in [0.3, 0.4) is 0 Å². The molecule has 103 heavy (non-hydrogen) atoms. The van der Waals surface area contributed by atoms with Gasteiger partial charge in [-0.25, -0.2) is 0 Å². The summed E-state index contributed by atoms with van der Waals surface area (Å²) in [5, 5.41) is 5.09. The fourth-order valence-corrected chi connectivity index (χ4v) is 10.7. The van der Waals surface area contributed by atoms with E-state index < -0.39 is 8.07 Å². The summed E-state index contributed by atoms with van der Waals surface area (Å²) in [6.07, 6.45) is 0. The van der Waals surface area contributed by atoms with Crippen molar-refractivity contribution in [1.82, 2.24) is 14.0 Å². The zero-order chi connectivity index (χ0) is 78.6. The Balaban J connectivity index is 0.000000400. The smallest absolute Gasteiger partial charge is 0.135 e. The number of methoxy groups -OCH3 is 4. The standard InChI is InChI=1S/C20H17N.C14H12O.C9H15N.2C8H10O2.C8H12O.C8H12S.2C5H12.C4H12Si.C3H9N/c1-14-8-10-19-17(12-14)18-13-15(2)9-11-20(18)21(19)16-6-4-3-5-7-16;1-9-3-5-13-11(7-9)12-8-10(2)4-6-14(12)15-13;1-6-7(2)9(4)10(5)8(6)3;1-9-7-3-5-8(10-2)6-4-7;1-9-7-4-3-5-8(6-7)10-2;2*1-5-6(2)8(4)9-7(5)3;3*1-5(2,3)4;1-4(2)3/h3-13H,1-2H3;3-8H,1-2H3;1-5H3;2*3-6H,1-2H3;2*1-4H3;3*1-4H3;1-3H3. The fourth-order valence-electron chi connectivity index (χ4n) is 9.67. The molecule has 0 aliphatic carbocycles. The van der Waals surface area contributed by atoms with Gasteiger partial charge in [0.05, 0.1) is 39.5 Å². The van der Waals surface area contributed by atoms with Crippen LogP contribution in [0.2, 0.25) is 26.2 Å². The number of aryl methyl sites for hydroxylation is 8. The first-order chi connectivity index (χ1) is 47.7. The Bertz CT molecular complexity index is 4090. The predicted molar refractivity (Wildman–Crippen MR) is 457 cm³/mol. The Morgan fingerprint density at radius 2 is 0.660 bits per heavy atom. The number of aromatic nitrogens is 2. The van der Waals surface area contributed by atoms with Gasteiger partial charge in [-0.2, -0.15) is 0 Å². The van der Waals surface area contributed by atoms with Gasteiger partial charge in [-0.05, 0) is 273 Å². The van der Waals surface area contributed by atoms with Crippen LogP contribution in [0.4, 0.5) is 0 Å². The second kappa shape index (κ2) is 42.5. The lowest BCUT2D eigenvalue weighted by atomic mass is 10.0. The molecule has 0 radical (unpaired) electrons. The maximum Gasteiger partial charge on any atom is 0.135 e. The number of para-hydroxylation sites is 1. The number of ether oxygens (including phenoxy) is 4. The van der Waals surface area contributed by atoms with E-state index in [2.05, 4.69) is 286 Å². The van der Waals surface area contributed by atoms with Gasteiger partial charge in [0, 0.05) is 69.6 Å². The van der Waals surface area contributed by atoms with Crippen molar-refractivity contribution in [2.45, 2.75) is 192 Å². The second-order valence-corrected chi connectivity index (χ2v) is 39.3. The summed E-state index contributed by atoms with van der Waals surface area (Å²) in [4.78, 5) is 4.93. The van der Waals surface area contributed by atoms with Gasteiger partial charge >= 0.3 is 0 Å². The molecule has 0 aliphatic rings. The van der Waals surface area contributed by atoms with Crippen LogP contribution in [0.15, 0.2) is 160 Å². The highest BCUT2D eigenvalue weighted by atomic mass is 32.1. The van der Waals surface area contributed by atoms with Crippen molar-refractivity contribution in [3.63, 3.8) is 0 Å². The lowest BCUT2D eigenvalue weighted by Gasteiger charge is -2.07. The van der Waals surface area contributed by atoms with E-state index >= 15 is 0 Å². The molecule has 0 atom stereocenters. The Morgan fingerprint density at radius 1 is 0.359 bits per heavy atom.